The fourth-order valence-electron chi connectivity index (χ4n) is 11.7. The molecule has 0 unspecified atom stereocenters. The molecule has 12 bridgehead atoms. The highest BCUT2D eigenvalue weighted by Gasteiger charge is 2.67. The van der Waals surface area contributed by atoms with Crippen LogP contribution in [0.25, 0.3) is 0 Å². The smallest absolute Gasteiger partial charge is 0.0331 e. The molecule has 156 valence electrons. The molecular weight excluding hydrogens is 360 g/mol. The summed E-state index contributed by atoms with van der Waals surface area (Å²) >= 11 is 0. The molecule has 0 aromatic rings. The van der Waals surface area contributed by atoms with Gasteiger partial charge in [0.25, 0.3) is 0 Å². The summed E-state index contributed by atoms with van der Waals surface area (Å²) in [6, 6.07) is 0. The van der Waals surface area contributed by atoms with E-state index in [9.17, 15) is 0 Å². The van der Waals surface area contributed by atoms with Crippen molar-refractivity contribution in [2.45, 2.75) is 77.0 Å². The van der Waals surface area contributed by atoms with Gasteiger partial charge in [0.2, 0.25) is 0 Å². The Morgan fingerprint density at radius 1 is 0.433 bits per heavy atom. The summed E-state index contributed by atoms with van der Waals surface area (Å²) in [5.41, 5.74) is 0.751. The fraction of sp³-hybridized carbons (Fsp3) is 0.800. The van der Waals surface area contributed by atoms with Gasteiger partial charge in [0.05, 0.1) is 0 Å². The Labute approximate surface area is 183 Å². The van der Waals surface area contributed by atoms with E-state index >= 15 is 0 Å². The van der Waals surface area contributed by atoms with Crippen LogP contribution in [0.1, 0.15) is 77.0 Å². The van der Waals surface area contributed by atoms with Crippen molar-refractivity contribution in [2.75, 3.05) is 0 Å². The zero-order valence-electron chi connectivity index (χ0n) is 18.4. The van der Waals surface area contributed by atoms with E-state index in [1.165, 1.54) is 51.4 Å². The van der Waals surface area contributed by atoms with Gasteiger partial charge >= 0.3 is 0 Å². The van der Waals surface area contributed by atoms with Gasteiger partial charge in [0.1, 0.15) is 0 Å². The van der Waals surface area contributed by atoms with E-state index in [4.69, 9.17) is 19.3 Å². The van der Waals surface area contributed by atoms with Crippen LogP contribution in [0.3, 0.4) is 0 Å². The predicted molar refractivity (Wildman–Crippen MR) is 121 cm³/mol. The van der Waals surface area contributed by atoms with Crippen LogP contribution in [0.2, 0.25) is 0 Å². The first-order valence-electron chi connectivity index (χ1n) is 12.9. The topological polar surface area (TPSA) is 0 Å². The molecule has 11 saturated carbocycles. The van der Waals surface area contributed by atoms with Gasteiger partial charge in [0, 0.05) is 16.2 Å². The minimum Gasteiger partial charge on any atom is -0.120 e. The quantitative estimate of drug-likeness (QED) is 0.430. The van der Waals surface area contributed by atoms with Crippen LogP contribution in [-0.4, -0.2) is 0 Å². The maximum absolute atomic E-state index is 5.89. The average Bonchev–Trinajstić information content (AvgIpc) is 2.76. The summed E-state index contributed by atoms with van der Waals surface area (Å²) in [7, 11) is 0. The minimum atomic E-state index is 0.191. The van der Waals surface area contributed by atoms with Crippen molar-refractivity contribution in [2.24, 2.45) is 69.5 Å². The lowest BCUT2D eigenvalue weighted by Crippen LogP contribution is -2.64. The summed E-state index contributed by atoms with van der Waals surface area (Å²) in [5, 5.41) is 0. The number of terminal acetylenes is 3. The maximum Gasteiger partial charge on any atom is 0.0331 e. The van der Waals surface area contributed by atoms with Crippen molar-refractivity contribution in [1.29, 1.82) is 0 Å². The molecule has 0 saturated heterocycles. The second-order valence-corrected chi connectivity index (χ2v) is 13.4. The van der Waals surface area contributed by atoms with Crippen molar-refractivity contribution in [3.8, 4) is 37.0 Å². The van der Waals surface area contributed by atoms with Crippen molar-refractivity contribution < 1.29 is 0 Å². The van der Waals surface area contributed by atoms with Gasteiger partial charge in [-0.2, -0.15) is 0 Å². The third-order valence-electron chi connectivity index (χ3n) is 12.0. The Morgan fingerprint density at radius 3 is 1.20 bits per heavy atom. The molecule has 0 aliphatic heterocycles. The molecule has 0 spiro atoms. The normalized spacial score (nSPS) is 61.7. The summed E-state index contributed by atoms with van der Waals surface area (Å²) in [4.78, 5) is 0. The standard InChI is InChI=1S/C16H20.C14H16/c1-2-16-6-13-10-3-9-4-11(13)15(8-16)12(5-9)14(10)7-16;1-3-13-6-11-5-12(7-13)9-14(4-2,8-11)10-13/h1,9-15H,3-8H2;1-2,11-12H,5-10H2. The molecule has 11 fully saturated rings. The number of hydrogen-bond acceptors (Lipinski definition) is 0. The molecule has 0 nitrogen and oxygen atoms in total. The Kier molecular flexibility index (Phi) is 3.48. The van der Waals surface area contributed by atoms with Gasteiger partial charge in [-0.25, -0.2) is 0 Å². The van der Waals surface area contributed by atoms with Gasteiger partial charge in [-0.05, 0) is 130 Å². The van der Waals surface area contributed by atoms with Gasteiger partial charge in [-0.15, -0.1) is 19.3 Å². The van der Waals surface area contributed by atoms with Crippen molar-refractivity contribution in [1.82, 2.24) is 0 Å². The summed E-state index contributed by atoms with van der Waals surface area (Å²) in [6.45, 7) is 0. The van der Waals surface area contributed by atoms with Gasteiger partial charge < -0.3 is 0 Å². The predicted octanol–water partition coefficient (Wildman–Crippen LogP) is 6.17. The molecule has 0 N–H and O–H groups in total. The van der Waals surface area contributed by atoms with Crippen LogP contribution in [0.5, 0.6) is 0 Å². The molecule has 0 aromatic heterocycles. The van der Waals surface area contributed by atoms with Crippen LogP contribution in [0.15, 0.2) is 0 Å². The lowest BCUT2D eigenvalue weighted by atomic mass is 9.33. The van der Waals surface area contributed by atoms with Gasteiger partial charge in [0.15, 0.2) is 0 Å². The van der Waals surface area contributed by atoms with E-state index in [1.807, 2.05) is 0 Å². The Hall–Kier alpha value is -1.32. The first kappa shape index (κ1) is 18.3. The van der Waals surface area contributed by atoms with Crippen LogP contribution >= 0.6 is 0 Å². The third-order valence-corrected chi connectivity index (χ3v) is 12.0. The highest BCUT2D eigenvalue weighted by molar-refractivity contribution is 5.24. The summed E-state index contributed by atoms with van der Waals surface area (Å²) in [5.74, 6) is 18.7. The molecule has 0 heteroatoms. The highest BCUT2D eigenvalue weighted by atomic mass is 14.7. The lowest BCUT2D eigenvalue weighted by Gasteiger charge is -2.71. The highest BCUT2D eigenvalue weighted by Crippen LogP contribution is 2.74. The van der Waals surface area contributed by atoms with Crippen LogP contribution in [-0.2, 0) is 0 Å². The molecule has 0 heterocycles. The second kappa shape index (κ2) is 5.72. The Bertz CT molecular complexity index is 791. The van der Waals surface area contributed by atoms with E-state index < -0.39 is 0 Å². The van der Waals surface area contributed by atoms with Crippen LogP contribution < -0.4 is 0 Å². The largest absolute Gasteiger partial charge is 0.120 e. The fourth-order valence-corrected chi connectivity index (χ4v) is 11.7. The maximum atomic E-state index is 5.89. The zero-order chi connectivity index (χ0) is 20.3. The van der Waals surface area contributed by atoms with E-state index in [0.29, 0.717) is 5.41 Å². The van der Waals surface area contributed by atoms with Crippen molar-refractivity contribution >= 4 is 0 Å². The minimum absolute atomic E-state index is 0.191. The Balaban J connectivity index is 0.000000109. The van der Waals surface area contributed by atoms with Crippen molar-refractivity contribution in [3.63, 3.8) is 0 Å². The molecule has 0 amide bonds. The SMILES string of the molecule is C#CC12CC3C4CC5CC3C(C1)C(C5)C4C2.C#CC12CC3CC(C1)CC(C#C)(C3)C2. The molecule has 0 aromatic carbocycles. The van der Waals surface area contributed by atoms with Crippen molar-refractivity contribution in [3.05, 3.63) is 0 Å². The molecule has 11 rings (SSSR count). The Morgan fingerprint density at radius 2 is 0.833 bits per heavy atom. The van der Waals surface area contributed by atoms with E-state index in [1.54, 1.807) is 19.3 Å². The molecule has 11 aliphatic carbocycles. The molecular formula is C30H36. The van der Waals surface area contributed by atoms with E-state index in [2.05, 4.69) is 17.8 Å². The third kappa shape index (κ3) is 2.24. The van der Waals surface area contributed by atoms with E-state index in [0.717, 1.165) is 59.7 Å². The second-order valence-electron chi connectivity index (χ2n) is 13.4. The van der Waals surface area contributed by atoms with Crippen LogP contribution in [0.4, 0.5) is 0 Å². The number of rotatable bonds is 0. The number of hydrogen-bond donors (Lipinski definition) is 0. The molecule has 11 aliphatic rings. The van der Waals surface area contributed by atoms with Gasteiger partial charge in [-0.1, -0.05) is 17.8 Å². The lowest BCUT2D eigenvalue weighted by molar-refractivity contribution is -0.218. The first-order valence-corrected chi connectivity index (χ1v) is 12.9. The summed E-state index contributed by atoms with van der Waals surface area (Å²) in [6.07, 6.45) is 33.8. The monoisotopic (exact) mass is 396 g/mol. The summed E-state index contributed by atoms with van der Waals surface area (Å²) < 4.78 is 0. The molecule has 0 atom stereocenters. The van der Waals surface area contributed by atoms with Gasteiger partial charge in [-0.3, -0.25) is 0 Å². The average molecular weight is 397 g/mol. The zero-order valence-corrected chi connectivity index (χ0v) is 18.4. The molecule has 30 heavy (non-hydrogen) atoms. The first-order chi connectivity index (χ1) is 14.5. The molecule has 0 radical (unpaired) electrons. The van der Waals surface area contributed by atoms with Crippen LogP contribution in [0, 0.1) is 107 Å². The van der Waals surface area contributed by atoms with E-state index in [-0.39, 0.29) is 10.8 Å².